The molecule has 0 bridgehead atoms. The van der Waals surface area contributed by atoms with Crippen LogP contribution in [0.2, 0.25) is 0 Å². The molecule has 17 heavy (non-hydrogen) atoms. The zero-order valence-electron chi connectivity index (χ0n) is 9.45. The zero-order chi connectivity index (χ0) is 12.3. The van der Waals surface area contributed by atoms with Gasteiger partial charge in [0.2, 0.25) is 0 Å². The summed E-state index contributed by atoms with van der Waals surface area (Å²) in [6, 6.07) is 5.47. The quantitative estimate of drug-likeness (QED) is 0.746. The molecule has 1 unspecified atom stereocenters. The Kier molecular flexibility index (Phi) is 3.58. The van der Waals surface area contributed by atoms with Crippen LogP contribution in [0.5, 0.6) is 0 Å². The van der Waals surface area contributed by atoms with Gasteiger partial charge in [-0.25, -0.2) is 9.18 Å². The fraction of sp³-hybridized carbons (Fsp3) is 0.417. The number of urea groups is 1. The smallest absolute Gasteiger partial charge is 0.319 e. The Morgan fingerprint density at radius 2 is 2.29 bits per heavy atom. The van der Waals surface area contributed by atoms with Crippen LogP contribution in [0.15, 0.2) is 24.3 Å². The largest absolute Gasteiger partial charge is 0.334 e. The van der Waals surface area contributed by atoms with E-state index in [1.54, 1.807) is 12.1 Å². The lowest BCUT2D eigenvalue weighted by molar-refractivity contribution is 0.247. The summed E-state index contributed by atoms with van der Waals surface area (Å²) in [5.74, 6) is 0.124. The Hall–Kier alpha value is -1.62. The van der Waals surface area contributed by atoms with Crippen LogP contribution in [-0.4, -0.2) is 18.6 Å². The number of carbonyl (C=O) groups excluding carboxylic acids is 1. The van der Waals surface area contributed by atoms with Crippen LogP contribution in [0, 0.1) is 11.7 Å². The molecule has 2 amide bonds. The molecule has 1 aliphatic carbocycles. The average molecular weight is 237 g/mol. The van der Waals surface area contributed by atoms with Crippen molar-refractivity contribution in [3.05, 3.63) is 30.1 Å². The molecule has 1 fully saturated rings. The third kappa shape index (κ3) is 3.42. The number of nitrogens with one attached hydrogen (secondary N) is 2. The first-order chi connectivity index (χ1) is 8.19. The van der Waals surface area contributed by atoms with Crippen molar-refractivity contribution in [2.45, 2.75) is 18.9 Å². The molecule has 1 saturated carbocycles. The van der Waals surface area contributed by atoms with Gasteiger partial charge in [-0.05, 0) is 37.0 Å². The molecule has 4 N–H and O–H groups in total. The third-order valence-corrected chi connectivity index (χ3v) is 2.84. The molecule has 2 rings (SSSR count). The van der Waals surface area contributed by atoms with Gasteiger partial charge < -0.3 is 16.4 Å². The number of benzene rings is 1. The average Bonchev–Trinajstić information content (AvgIpc) is 3.09. The second-order valence-corrected chi connectivity index (χ2v) is 4.29. The maximum atomic E-state index is 12.9. The van der Waals surface area contributed by atoms with E-state index in [4.69, 9.17) is 5.73 Å². The second kappa shape index (κ2) is 5.14. The van der Waals surface area contributed by atoms with Crippen molar-refractivity contribution in [2.75, 3.05) is 11.9 Å². The van der Waals surface area contributed by atoms with E-state index in [0.717, 1.165) is 12.8 Å². The Balaban J connectivity index is 1.88. The Bertz CT molecular complexity index is 406. The zero-order valence-corrected chi connectivity index (χ0v) is 9.45. The first kappa shape index (κ1) is 11.9. The van der Waals surface area contributed by atoms with Gasteiger partial charge in [0.25, 0.3) is 0 Å². The predicted molar refractivity (Wildman–Crippen MR) is 64.1 cm³/mol. The van der Waals surface area contributed by atoms with Crippen molar-refractivity contribution >= 4 is 11.7 Å². The Labute approximate surface area is 99.4 Å². The van der Waals surface area contributed by atoms with E-state index in [9.17, 15) is 9.18 Å². The SMILES string of the molecule is NCC(NC(=O)Nc1cccc(F)c1)C1CC1. The van der Waals surface area contributed by atoms with Crippen molar-refractivity contribution in [1.29, 1.82) is 0 Å². The normalized spacial score (nSPS) is 16.4. The van der Waals surface area contributed by atoms with Crippen LogP contribution in [0.4, 0.5) is 14.9 Å². The topological polar surface area (TPSA) is 67.1 Å². The van der Waals surface area contributed by atoms with E-state index in [-0.39, 0.29) is 17.9 Å². The number of nitrogens with two attached hydrogens (primary N) is 1. The van der Waals surface area contributed by atoms with Gasteiger partial charge in [-0.1, -0.05) is 6.07 Å². The Morgan fingerprint density at radius 1 is 1.53 bits per heavy atom. The molecule has 0 aliphatic heterocycles. The van der Waals surface area contributed by atoms with E-state index in [2.05, 4.69) is 10.6 Å². The van der Waals surface area contributed by atoms with Crippen molar-refractivity contribution in [3.8, 4) is 0 Å². The lowest BCUT2D eigenvalue weighted by atomic mass is 10.2. The maximum Gasteiger partial charge on any atom is 0.319 e. The first-order valence-corrected chi connectivity index (χ1v) is 5.72. The summed E-state index contributed by atoms with van der Waals surface area (Å²) >= 11 is 0. The number of anilines is 1. The summed E-state index contributed by atoms with van der Waals surface area (Å²) in [6.45, 7) is 0.432. The summed E-state index contributed by atoms with van der Waals surface area (Å²) < 4.78 is 12.9. The summed E-state index contributed by atoms with van der Waals surface area (Å²) in [6.07, 6.45) is 2.23. The van der Waals surface area contributed by atoms with Crippen molar-refractivity contribution in [3.63, 3.8) is 0 Å². The Morgan fingerprint density at radius 3 is 2.88 bits per heavy atom. The highest BCUT2D eigenvalue weighted by Gasteiger charge is 2.31. The number of carbonyl (C=O) groups is 1. The minimum atomic E-state index is -0.375. The van der Waals surface area contributed by atoms with E-state index < -0.39 is 0 Å². The lowest BCUT2D eigenvalue weighted by Gasteiger charge is -2.16. The highest BCUT2D eigenvalue weighted by atomic mass is 19.1. The van der Waals surface area contributed by atoms with Gasteiger partial charge in [0.05, 0.1) is 0 Å². The molecule has 1 aliphatic rings. The van der Waals surface area contributed by atoms with Gasteiger partial charge in [-0.3, -0.25) is 0 Å². The van der Waals surface area contributed by atoms with E-state index in [0.29, 0.717) is 18.2 Å². The van der Waals surface area contributed by atoms with Crippen LogP contribution < -0.4 is 16.4 Å². The summed E-state index contributed by atoms with van der Waals surface area (Å²) in [5.41, 5.74) is 6.02. The van der Waals surface area contributed by atoms with Crippen molar-refractivity contribution in [1.82, 2.24) is 5.32 Å². The van der Waals surface area contributed by atoms with Crippen LogP contribution in [-0.2, 0) is 0 Å². The molecule has 1 aromatic rings. The van der Waals surface area contributed by atoms with E-state index in [1.807, 2.05) is 0 Å². The highest BCUT2D eigenvalue weighted by Crippen LogP contribution is 2.32. The number of halogens is 1. The molecule has 0 aromatic heterocycles. The fourth-order valence-corrected chi connectivity index (χ4v) is 1.77. The van der Waals surface area contributed by atoms with Gasteiger partial charge >= 0.3 is 6.03 Å². The maximum absolute atomic E-state index is 12.9. The minimum Gasteiger partial charge on any atom is -0.334 e. The molecule has 0 radical (unpaired) electrons. The lowest BCUT2D eigenvalue weighted by Crippen LogP contribution is -2.43. The first-order valence-electron chi connectivity index (χ1n) is 5.72. The van der Waals surface area contributed by atoms with Crippen LogP contribution in [0.3, 0.4) is 0 Å². The van der Waals surface area contributed by atoms with Gasteiger partial charge in [0.1, 0.15) is 5.82 Å². The van der Waals surface area contributed by atoms with Gasteiger partial charge in [0.15, 0.2) is 0 Å². The number of amides is 2. The van der Waals surface area contributed by atoms with Crippen molar-refractivity contribution in [2.24, 2.45) is 11.7 Å². The number of rotatable bonds is 4. The van der Waals surface area contributed by atoms with Crippen molar-refractivity contribution < 1.29 is 9.18 Å². The van der Waals surface area contributed by atoms with Crippen LogP contribution >= 0.6 is 0 Å². The van der Waals surface area contributed by atoms with Crippen LogP contribution in [0.25, 0.3) is 0 Å². The molecule has 0 heterocycles. The van der Waals surface area contributed by atoms with Gasteiger partial charge in [0, 0.05) is 18.3 Å². The summed E-state index contributed by atoms with van der Waals surface area (Å²) in [5, 5.41) is 5.38. The molecule has 92 valence electrons. The molecule has 0 spiro atoms. The number of hydrogen-bond acceptors (Lipinski definition) is 2. The third-order valence-electron chi connectivity index (χ3n) is 2.84. The molecular weight excluding hydrogens is 221 g/mol. The molecular formula is C12H16FN3O. The van der Waals surface area contributed by atoms with Gasteiger partial charge in [-0.15, -0.1) is 0 Å². The highest BCUT2D eigenvalue weighted by molar-refractivity contribution is 5.89. The number of hydrogen-bond donors (Lipinski definition) is 3. The molecule has 5 heteroatoms. The monoisotopic (exact) mass is 237 g/mol. The van der Waals surface area contributed by atoms with E-state index >= 15 is 0 Å². The molecule has 0 saturated heterocycles. The summed E-state index contributed by atoms with van der Waals surface area (Å²) in [4.78, 5) is 11.6. The van der Waals surface area contributed by atoms with Gasteiger partial charge in [-0.2, -0.15) is 0 Å². The summed E-state index contributed by atoms with van der Waals surface area (Å²) in [7, 11) is 0. The standard InChI is InChI=1S/C12H16FN3O/c13-9-2-1-3-10(6-9)15-12(17)16-11(7-14)8-4-5-8/h1-3,6,8,11H,4-5,7,14H2,(H2,15,16,17). The molecule has 1 atom stereocenters. The molecule has 1 aromatic carbocycles. The fourth-order valence-electron chi connectivity index (χ4n) is 1.77. The van der Waals surface area contributed by atoms with E-state index in [1.165, 1.54) is 12.1 Å². The second-order valence-electron chi connectivity index (χ2n) is 4.29. The molecule has 4 nitrogen and oxygen atoms in total. The van der Waals surface area contributed by atoms with Crippen LogP contribution in [0.1, 0.15) is 12.8 Å². The minimum absolute atomic E-state index is 0.0172. The predicted octanol–water partition coefficient (Wildman–Crippen LogP) is 1.68.